The molecule has 2 heteroatoms. The summed E-state index contributed by atoms with van der Waals surface area (Å²) in [5.74, 6) is 0. The fourth-order valence-corrected chi connectivity index (χ4v) is 8.93. The summed E-state index contributed by atoms with van der Waals surface area (Å²) in [6.45, 7) is 0. The normalized spacial score (nSPS) is 13.1. The monoisotopic (exact) mass is 795 g/mol. The molecule has 0 fully saturated rings. The summed E-state index contributed by atoms with van der Waals surface area (Å²) in [7, 11) is 0. The highest BCUT2D eigenvalue weighted by Gasteiger charge is 2.18. The molecule has 0 unspecified atom stereocenters. The summed E-state index contributed by atoms with van der Waals surface area (Å²) < 4.78 is 69.3. The summed E-state index contributed by atoms with van der Waals surface area (Å²) in [4.78, 5) is 0. The van der Waals surface area contributed by atoms with E-state index in [4.69, 9.17) is 2.74 Å². The van der Waals surface area contributed by atoms with E-state index in [0.717, 1.165) is 72.0 Å². The van der Waals surface area contributed by atoms with Crippen molar-refractivity contribution in [2.45, 2.75) is 0 Å². The van der Waals surface area contributed by atoms with E-state index in [2.05, 4.69) is 95.6 Å². The van der Waals surface area contributed by atoms with Crippen molar-refractivity contribution in [2.24, 2.45) is 0 Å². The van der Waals surface area contributed by atoms with Crippen molar-refractivity contribution >= 4 is 43.6 Å². The molecule has 0 N–H and O–H groups in total. The third-order valence-corrected chi connectivity index (χ3v) is 12.0. The second-order valence-electron chi connectivity index (χ2n) is 15.6. The fraction of sp³-hybridized carbons (Fsp3) is 0. The number of rotatable bonds is 7. The zero-order valence-corrected chi connectivity index (χ0v) is 33.4. The number of fused-ring (bicyclic) bond motifs is 6. The molecule has 0 radical (unpaired) electrons. The van der Waals surface area contributed by atoms with E-state index in [1.54, 1.807) is 4.57 Å². The average molecular weight is 796 g/mol. The standard InChI is InChI=1S/C60H40N2/c1-4-13-41(14-5-1)44-23-25-46(26-24-44)48-29-34-59-55(38-48)56-40-50(31-36-60(56)61(59)51-32-27-45(28-33-51)42-15-6-2-7-16-42)49-30-35-58-54(39-49)53-21-10-11-22-57(53)62(58)52-20-12-19-47(37-52)43-17-8-3-9-18-43/h1-40H/i10D,11D,21D,22D,30D,35D,39D. The molecular formula is C60H40N2. The molecule has 0 saturated heterocycles. The Morgan fingerprint density at radius 2 is 0.694 bits per heavy atom. The molecule has 0 aliphatic rings. The topological polar surface area (TPSA) is 9.86 Å². The summed E-state index contributed by atoms with van der Waals surface area (Å²) in [5.41, 5.74) is 12.9. The summed E-state index contributed by atoms with van der Waals surface area (Å²) >= 11 is 0. The van der Waals surface area contributed by atoms with Crippen molar-refractivity contribution < 1.29 is 9.60 Å². The molecule has 62 heavy (non-hydrogen) atoms. The minimum absolute atomic E-state index is 0.0854. The Kier molecular flexibility index (Phi) is 6.95. The van der Waals surface area contributed by atoms with Gasteiger partial charge < -0.3 is 9.13 Å². The minimum Gasteiger partial charge on any atom is -0.309 e. The van der Waals surface area contributed by atoms with Crippen LogP contribution < -0.4 is 0 Å². The first-order valence-electron chi connectivity index (χ1n) is 24.3. The van der Waals surface area contributed by atoms with Crippen LogP contribution in [-0.2, 0) is 0 Å². The van der Waals surface area contributed by atoms with E-state index in [9.17, 15) is 6.85 Å². The minimum atomic E-state index is -0.427. The Morgan fingerprint density at radius 3 is 1.31 bits per heavy atom. The number of hydrogen-bond donors (Lipinski definition) is 0. The molecule has 0 aliphatic carbocycles. The molecule has 2 aromatic heterocycles. The molecular weight excluding hydrogens is 749 g/mol. The van der Waals surface area contributed by atoms with Gasteiger partial charge in [0.05, 0.1) is 31.7 Å². The first-order chi connectivity index (χ1) is 33.7. The lowest BCUT2D eigenvalue weighted by Gasteiger charge is -2.11. The molecule has 0 amide bonds. The van der Waals surface area contributed by atoms with Crippen molar-refractivity contribution in [2.75, 3.05) is 0 Å². The highest BCUT2D eigenvalue weighted by atomic mass is 15.0. The number of hydrogen-bond acceptors (Lipinski definition) is 0. The summed E-state index contributed by atoms with van der Waals surface area (Å²) in [6, 6.07) is 65.6. The van der Waals surface area contributed by atoms with E-state index >= 15 is 0 Å². The van der Waals surface area contributed by atoms with Crippen LogP contribution in [0, 0.1) is 0 Å². The van der Waals surface area contributed by atoms with Crippen molar-refractivity contribution in [1.82, 2.24) is 9.13 Å². The molecule has 0 aliphatic heterocycles. The van der Waals surface area contributed by atoms with Gasteiger partial charge in [-0.2, -0.15) is 0 Å². The highest BCUT2D eigenvalue weighted by molar-refractivity contribution is 6.13. The maximum Gasteiger partial charge on any atom is 0.0645 e. The van der Waals surface area contributed by atoms with E-state index in [1.165, 1.54) is 0 Å². The average Bonchev–Trinajstić information content (AvgIpc) is 3.94. The van der Waals surface area contributed by atoms with Gasteiger partial charge >= 0.3 is 0 Å². The van der Waals surface area contributed by atoms with Crippen LogP contribution >= 0.6 is 0 Å². The Bertz CT molecular complexity index is 3990. The number of para-hydroxylation sites is 1. The summed E-state index contributed by atoms with van der Waals surface area (Å²) in [5, 5.41) is 2.20. The predicted molar refractivity (Wildman–Crippen MR) is 262 cm³/mol. The van der Waals surface area contributed by atoms with Gasteiger partial charge in [0.15, 0.2) is 0 Å². The molecule has 10 aromatic carbocycles. The van der Waals surface area contributed by atoms with Crippen LogP contribution in [0.25, 0.3) is 111 Å². The number of nitrogens with zero attached hydrogens (tertiary/aromatic N) is 2. The molecule has 2 heterocycles. The van der Waals surface area contributed by atoms with Crippen LogP contribution in [-0.4, -0.2) is 9.13 Å². The van der Waals surface area contributed by atoms with E-state index in [1.807, 2.05) is 109 Å². The van der Waals surface area contributed by atoms with Crippen LogP contribution in [0.15, 0.2) is 242 Å². The third-order valence-electron chi connectivity index (χ3n) is 12.0. The van der Waals surface area contributed by atoms with Crippen LogP contribution in [0.4, 0.5) is 0 Å². The first-order valence-corrected chi connectivity index (χ1v) is 20.8. The van der Waals surface area contributed by atoms with Gasteiger partial charge in [0.2, 0.25) is 0 Å². The van der Waals surface area contributed by atoms with Crippen molar-refractivity contribution in [3.8, 4) is 67.0 Å². The van der Waals surface area contributed by atoms with Gasteiger partial charge in [-0.25, -0.2) is 0 Å². The van der Waals surface area contributed by atoms with Gasteiger partial charge in [-0.1, -0.05) is 176 Å². The molecule has 0 atom stereocenters. The quantitative estimate of drug-likeness (QED) is 0.152. The van der Waals surface area contributed by atoms with Crippen LogP contribution in [0.1, 0.15) is 9.60 Å². The molecule has 12 rings (SSSR count). The first kappa shape index (κ1) is 29.1. The fourth-order valence-electron chi connectivity index (χ4n) is 8.93. The Labute approximate surface area is 370 Å². The second-order valence-corrected chi connectivity index (χ2v) is 15.6. The zero-order valence-electron chi connectivity index (χ0n) is 40.4. The van der Waals surface area contributed by atoms with E-state index in [0.29, 0.717) is 11.3 Å². The van der Waals surface area contributed by atoms with Gasteiger partial charge in [0.1, 0.15) is 0 Å². The molecule has 0 saturated carbocycles. The number of aromatic nitrogens is 2. The Morgan fingerprint density at radius 1 is 0.258 bits per heavy atom. The van der Waals surface area contributed by atoms with Gasteiger partial charge in [-0.05, 0) is 122 Å². The SMILES string of the molecule is [2H]c1c([2H])c([2H])c2c(c1[2H])c1c([2H])c(-c3ccc4c(c3)c3cc(-c5ccc(-c6ccccc6)cc5)ccc3n4-c3ccc(-c4ccccc4)cc3)c([2H])c([2H])c1n2-c1cccc(-c2ccccc2)c1. The molecule has 2 nitrogen and oxygen atoms in total. The lowest BCUT2D eigenvalue weighted by molar-refractivity contribution is 1.18. The Balaban J connectivity index is 1.09. The van der Waals surface area contributed by atoms with E-state index < -0.39 is 12.1 Å². The third kappa shape index (κ3) is 6.12. The molecule has 0 bridgehead atoms. The lowest BCUT2D eigenvalue weighted by Crippen LogP contribution is -1.94. The van der Waals surface area contributed by atoms with Gasteiger partial charge in [-0.3, -0.25) is 0 Å². The molecule has 12 aromatic rings. The summed E-state index contributed by atoms with van der Waals surface area (Å²) in [6.07, 6.45) is 0. The smallest absolute Gasteiger partial charge is 0.0645 e. The van der Waals surface area contributed by atoms with Gasteiger partial charge in [0, 0.05) is 32.9 Å². The van der Waals surface area contributed by atoms with Gasteiger partial charge in [0.25, 0.3) is 0 Å². The van der Waals surface area contributed by atoms with Crippen molar-refractivity contribution in [3.63, 3.8) is 0 Å². The zero-order chi connectivity index (χ0) is 47.1. The maximum atomic E-state index is 9.99. The van der Waals surface area contributed by atoms with Crippen LogP contribution in [0.2, 0.25) is 0 Å². The number of benzene rings is 10. The maximum absolute atomic E-state index is 9.99. The van der Waals surface area contributed by atoms with Gasteiger partial charge in [-0.15, -0.1) is 0 Å². The van der Waals surface area contributed by atoms with Crippen LogP contribution in [0.3, 0.4) is 0 Å². The largest absolute Gasteiger partial charge is 0.309 e. The molecule has 0 spiro atoms. The highest BCUT2D eigenvalue weighted by Crippen LogP contribution is 2.40. The van der Waals surface area contributed by atoms with E-state index in [-0.39, 0.29) is 57.6 Å². The van der Waals surface area contributed by atoms with Crippen LogP contribution in [0.5, 0.6) is 0 Å². The Hall–Kier alpha value is -8.20. The second kappa shape index (κ2) is 14.8. The van der Waals surface area contributed by atoms with Crippen molar-refractivity contribution in [3.05, 3.63) is 242 Å². The molecule has 290 valence electrons. The predicted octanol–water partition coefficient (Wildman–Crippen LogP) is 16.2. The van der Waals surface area contributed by atoms with Crippen molar-refractivity contribution in [1.29, 1.82) is 0 Å². The lowest BCUT2D eigenvalue weighted by atomic mass is 9.98.